The van der Waals surface area contributed by atoms with Crippen LogP contribution in [0.2, 0.25) is 0 Å². The van der Waals surface area contributed by atoms with Gasteiger partial charge in [0.15, 0.2) is 5.65 Å². The summed E-state index contributed by atoms with van der Waals surface area (Å²) in [6, 6.07) is 3.64. The van der Waals surface area contributed by atoms with E-state index < -0.39 is 0 Å². The minimum atomic E-state index is -0.230. The van der Waals surface area contributed by atoms with Crippen LogP contribution < -0.4 is 5.32 Å². The van der Waals surface area contributed by atoms with E-state index in [0.29, 0.717) is 17.0 Å². The lowest BCUT2D eigenvalue weighted by Crippen LogP contribution is -2.16. The number of nitrogens with zero attached hydrogens (tertiary/aromatic N) is 5. The second kappa shape index (κ2) is 5.97. The smallest absolute Gasteiger partial charge is 0.262 e. The van der Waals surface area contributed by atoms with E-state index in [9.17, 15) is 4.79 Å². The Morgan fingerprint density at radius 3 is 3.00 bits per heavy atom. The number of carbonyl (C=O) groups is 1. The first-order chi connectivity index (χ1) is 10.7. The van der Waals surface area contributed by atoms with Crippen molar-refractivity contribution in [1.82, 2.24) is 24.4 Å². The third kappa shape index (κ3) is 2.69. The van der Waals surface area contributed by atoms with E-state index in [-0.39, 0.29) is 5.91 Å². The normalized spacial score (nSPS) is 11.0. The van der Waals surface area contributed by atoms with Crippen molar-refractivity contribution in [2.45, 2.75) is 33.2 Å². The molecule has 0 fully saturated rings. The lowest BCUT2D eigenvalue weighted by Gasteiger charge is -2.07. The molecule has 1 N–H and O–H groups in total. The maximum Gasteiger partial charge on any atom is 0.262 e. The molecule has 0 unspecified atom stereocenters. The maximum absolute atomic E-state index is 12.5. The summed E-state index contributed by atoms with van der Waals surface area (Å²) in [6.07, 6.45) is 7.10. The maximum atomic E-state index is 12.5. The van der Waals surface area contributed by atoms with Crippen molar-refractivity contribution in [3.8, 4) is 0 Å². The van der Waals surface area contributed by atoms with Crippen LogP contribution in [0.3, 0.4) is 0 Å². The summed E-state index contributed by atoms with van der Waals surface area (Å²) in [6.45, 7) is 4.79. The molecular weight excluding hydrogens is 280 g/mol. The molecule has 0 spiro atoms. The van der Waals surface area contributed by atoms with E-state index in [2.05, 4.69) is 27.4 Å². The van der Waals surface area contributed by atoms with Gasteiger partial charge >= 0.3 is 0 Å². The number of fused-ring (bicyclic) bond motifs is 1. The highest BCUT2D eigenvalue weighted by molar-refractivity contribution is 6.07. The fourth-order valence-corrected chi connectivity index (χ4v) is 2.23. The van der Waals surface area contributed by atoms with Gasteiger partial charge in [-0.2, -0.15) is 10.2 Å². The average molecular weight is 298 g/mol. The van der Waals surface area contributed by atoms with Crippen LogP contribution in [0.15, 0.2) is 30.7 Å². The Kier molecular flexibility index (Phi) is 3.86. The number of unbranched alkanes of at least 4 members (excludes halogenated alkanes) is 1. The molecule has 3 rings (SSSR count). The number of nitrogens with one attached hydrogen (secondary N) is 1. The molecule has 1 amide bonds. The van der Waals surface area contributed by atoms with Crippen LogP contribution in [0.1, 0.15) is 35.8 Å². The molecule has 0 bridgehead atoms. The van der Waals surface area contributed by atoms with Gasteiger partial charge < -0.3 is 5.32 Å². The Labute approximate surface area is 128 Å². The molecule has 3 aromatic rings. The summed E-state index contributed by atoms with van der Waals surface area (Å²) < 4.78 is 3.39. The number of anilines is 1. The number of hydrogen-bond donors (Lipinski definition) is 1. The molecule has 0 radical (unpaired) electrons. The first kappa shape index (κ1) is 14.2. The summed E-state index contributed by atoms with van der Waals surface area (Å²) in [5.74, 6) is 0.455. The monoisotopic (exact) mass is 298 g/mol. The van der Waals surface area contributed by atoms with Crippen molar-refractivity contribution in [3.05, 3.63) is 42.0 Å². The topological polar surface area (TPSA) is 77.1 Å². The van der Waals surface area contributed by atoms with Gasteiger partial charge in [-0.05, 0) is 19.4 Å². The van der Waals surface area contributed by atoms with Gasteiger partial charge in [-0.25, -0.2) is 14.2 Å². The van der Waals surface area contributed by atoms with Crippen LogP contribution in [0, 0.1) is 6.92 Å². The highest BCUT2D eigenvalue weighted by Gasteiger charge is 2.15. The number of aromatic nitrogens is 5. The van der Waals surface area contributed by atoms with E-state index in [1.54, 1.807) is 27.7 Å². The number of carbonyl (C=O) groups excluding carboxylic acids is 1. The fraction of sp³-hybridized carbons (Fsp3) is 0.333. The molecule has 0 saturated carbocycles. The number of hydrogen-bond acceptors (Lipinski definition) is 4. The molecule has 0 aliphatic carbocycles. The Bertz CT molecular complexity index is 803. The van der Waals surface area contributed by atoms with Crippen molar-refractivity contribution >= 4 is 17.4 Å². The summed E-state index contributed by atoms with van der Waals surface area (Å²) in [4.78, 5) is 16.9. The van der Waals surface area contributed by atoms with Crippen molar-refractivity contribution in [1.29, 1.82) is 0 Å². The summed E-state index contributed by atoms with van der Waals surface area (Å²) in [7, 11) is 0. The second-order valence-electron chi connectivity index (χ2n) is 5.14. The standard InChI is InChI=1S/C15H18N6O/c1-3-4-8-20-13(5-7-16-20)19-15(22)12-10-17-21-9-6-11(2)18-14(12)21/h5-7,9-10H,3-4,8H2,1-2H3,(H,19,22). The van der Waals surface area contributed by atoms with Crippen LogP contribution in [-0.2, 0) is 6.54 Å². The van der Waals surface area contributed by atoms with Crippen LogP contribution in [0.4, 0.5) is 5.82 Å². The van der Waals surface area contributed by atoms with E-state index in [1.807, 2.05) is 13.0 Å². The zero-order valence-electron chi connectivity index (χ0n) is 12.7. The van der Waals surface area contributed by atoms with Gasteiger partial charge in [0.2, 0.25) is 0 Å². The predicted octanol–water partition coefficient (Wildman–Crippen LogP) is 2.29. The Morgan fingerprint density at radius 2 is 2.18 bits per heavy atom. The third-order valence-corrected chi connectivity index (χ3v) is 3.43. The molecular formula is C15H18N6O. The van der Waals surface area contributed by atoms with E-state index >= 15 is 0 Å². The molecule has 0 aromatic carbocycles. The molecule has 3 heterocycles. The van der Waals surface area contributed by atoms with Gasteiger partial charge in [0, 0.05) is 24.5 Å². The first-order valence-corrected chi connectivity index (χ1v) is 7.33. The number of aryl methyl sites for hydroxylation is 2. The van der Waals surface area contributed by atoms with E-state index in [4.69, 9.17) is 0 Å². The van der Waals surface area contributed by atoms with Gasteiger partial charge in [0.1, 0.15) is 11.4 Å². The quantitative estimate of drug-likeness (QED) is 0.784. The molecule has 114 valence electrons. The highest BCUT2D eigenvalue weighted by atomic mass is 16.1. The van der Waals surface area contributed by atoms with Gasteiger partial charge in [0.25, 0.3) is 5.91 Å². The first-order valence-electron chi connectivity index (χ1n) is 7.33. The van der Waals surface area contributed by atoms with Crippen LogP contribution in [0.5, 0.6) is 0 Å². The molecule has 0 aliphatic heterocycles. The molecule has 3 aromatic heterocycles. The molecule has 0 atom stereocenters. The Hall–Kier alpha value is -2.70. The summed E-state index contributed by atoms with van der Waals surface area (Å²) in [5, 5.41) is 11.3. The average Bonchev–Trinajstić information content (AvgIpc) is 3.11. The zero-order valence-corrected chi connectivity index (χ0v) is 12.7. The van der Waals surface area contributed by atoms with Crippen molar-refractivity contribution in [2.24, 2.45) is 0 Å². The van der Waals surface area contributed by atoms with Crippen LogP contribution in [0.25, 0.3) is 5.65 Å². The molecule has 22 heavy (non-hydrogen) atoms. The van der Waals surface area contributed by atoms with Crippen LogP contribution in [-0.4, -0.2) is 30.3 Å². The van der Waals surface area contributed by atoms with Gasteiger partial charge in [-0.3, -0.25) is 4.79 Å². The largest absolute Gasteiger partial charge is 0.307 e. The second-order valence-corrected chi connectivity index (χ2v) is 5.14. The fourth-order valence-electron chi connectivity index (χ4n) is 2.23. The third-order valence-electron chi connectivity index (χ3n) is 3.43. The van der Waals surface area contributed by atoms with Gasteiger partial charge in [-0.15, -0.1) is 0 Å². The van der Waals surface area contributed by atoms with Crippen molar-refractivity contribution in [2.75, 3.05) is 5.32 Å². The van der Waals surface area contributed by atoms with Crippen LogP contribution >= 0.6 is 0 Å². The molecule has 7 heteroatoms. The minimum Gasteiger partial charge on any atom is -0.307 e. The lowest BCUT2D eigenvalue weighted by molar-refractivity contribution is 0.102. The SMILES string of the molecule is CCCCn1nccc1NC(=O)c1cnn2ccc(C)nc12. The highest BCUT2D eigenvalue weighted by Crippen LogP contribution is 2.13. The Morgan fingerprint density at radius 1 is 1.32 bits per heavy atom. The van der Waals surface area contributed by atoms with E-state index in [1.165, 1.54) is 6.20 Å². The van der Waals surface area contributed by atoms with Crippen molar-refractivity contribution in [3.63, 3.8) is 0 Å². The number of rotatable bonds is 5. The van der Waals surface area contributed by atoms with Crippen molar-refractivity contribution < 1.29 is 4.79 Å². The van der Waals surface area contributed by atoms with Gasteiger partial charge in [0.05, 0.1) is 12.4 Å². The minimum absolute atomic E-state index is 0.230. The lowest BCUT2D eigenvalue weighted by atomic mass is 10.3. The zero-order chi connectivity index (χ0) is 15.5. The van der Waals surface area contributed by atoms with E-state index in [0.717, 1.165) is 25.1 Å². The summed E-state index contributed by atoms with van der Waals surface area (Å²) >= 11 is 0. The molecule has 0 aliphatic rings. The predicted molar refractivity (Wildman–Crippen MR) is 82.8 cm³/mol. The van der Waals surface area contributed by atoms with Gasteiger partial charge in [-0.1, -0.05) is 13.3 Å². The number of amides is 1. The molecule has 0 saturated heterocycles. The molecule has 7 nitrogen and oxygen atoms in total. The Balaban J connectivity index is 1.84. The summed E-state index contributed by atoms with van der Waals surface area (Å²) in [5.41, 5.74) is 1.85.